The predicted molar refractivity (Wildman–Crippen MR) is 167 cm³/mol. The average Bonchev–Trinajstić information content (AvgIpc) is 3.39. The van der Waals surface area contributed by atoms with E-state index >= 15 is 0 Å². The second-order valence-corrected chi connectivity index (χ2v) is 13.2. The van der Waals surface area contributed by atoms with Gasteiger partial charge in [-0.3, -0.25) is 24.0 Å². The standard InChI is InChI=1S/C30H47N3O10S2/c1-6-7-8-9-10-11-12-13-14-15-16-17-24(38)31-29-32-33-30(45-29)44-28-27(42-22(5)37)26(41-21(4)36)25(40-20(3)35)23(43-28)18-39-19(2)34/h23,25-28H,6-18H2,1-5H3,(H,31,32,38)/t23-,25+,26+,27-,28+/m1/s1. The smallest absolute Gasteiger partial charge is 0.303 e. The van der Waals surface area contributed by atoms with E-state index in [9.17, 15) is 24.0 Å². The summed E-state index contributed by atoms with van der Waals surface area (Å²) in [6.45, 7) is 6.59. The third-order valence-electron chi connectivity index (χ3n) is 6.83. The van der Waals surface area contributed by atoms with Crippen molar-refractivity contribution < 1.29 is 47.7 Å². The maximum absolute atomic E-state index is 12.5. The van der Waals surface area contributed by atoms with Crippen molar-refractivity contribution in [1.29, 1.82) is 0 Å². The summed E-state index contributed by atoms with van der Waals surface area (Å²) in [5.74, 6) is -2.89. The van der Waals surface area contributed by atoms with Gasteiger partial charge in [0.1, 0.15) is 12.7 Å². The van der Waals surface area contributed by atoms with E-state index in [1.165, 1.54) is 65.2 Å². The molecule has 1 aliphatic heterocycles. The lowest BCUT2D eigenvalue weighted by molar-refractivity contribution is -0.237. The minimum atomic E-state index is -1.28. The van der Waals surface area contributed by atoms with E-state index < -0.39 is 53.7 Å². The molecule has 45 heavy (non-hydrogen) atoms. The molecule has 15 heteroatoms. The number of nitrogens with one attached hydrogen (secondary N) is 1. The zero-order valence-corrected chi connectivity index (χ0v) is 28.5. The SMILES string of the molecule is CCCCCCCCCCCCCC(=O)Nc1nnc(S[C@@H]2O[C@H](COC(C)=O)[C@H](OC(C)=O)[C@H](OC(C)=O)[C@H]2OC(C)=O)s1. The first-order valence-electron chi connectivity index (χ1n) is 15.6. The number of carbonyl (C=O) groups is 5. The minimum Gasteiger partial charge on any atom is -0.463 e. The van der Waals surface area contributed by atoms with Crippen molar-refractivity contribution in [3.05, 3.63) is 0 Å². The van der Waals surface area contributed by atoms with Crippen molar-refractivity contribution in [2.45, 2.75) is 146 Å². The number of thioether (sulfide) groups is 1. The molecule has 0 unspecified atom stereocenters. The summed E-state index contributed by atoms with van der Waals surface area (Å²) in [4.78, 5) is 60.0. The summed E-state index contributed by atoms with van der Waals surface area (Å²) in [7, 11) is 0. The van der Waals surface area contributed by atoms with Crippen molar-refractivity contribution in [2.24, 2.45) is 0 Å². The van der Waals surface area contributed by atoms with Gasteiger partial charge in [0, 0.05) is 34.1 Å². The second-order valence-electron chi connectivity index (χ2n) is 10.9. The maximum atomic E-state index is 12.5. The van der Waals surface area contributed by atoms with Crippen LogP contribution in [0.25, 0.3) is 0 Å². The van der Waals surface area contributed by atoms with Crippen LogP contribution in [-0.4, -0.2) is 76.4 Å². The van der Waals surface area contributed by atoms with Crippen molar-refractivity contribution >= 4 is 58.0 Å². The molecule has 1 amide bonds. The Labute approximate surface area is 273 Å². The van der Waals surface area contributed by atoms with Gasteiger partial charge in [-0.25, -0.2) is 0 Å². The van der Waals surface area contributed by atoms with E-state index in [-0.39, 0.29) is 17.6 Å². The number of nitrogens with zero attached hydrogens (tertiary/aromatic N) is 2. The van der Waals surface area contributed by atoms with E-state index in [2.05, 4.69) is 22.4 Å². The van der Waals surface area contributed by atoms with Gasteiger partial charge in [-0.15, -0.1) is 10.2 Å². The molecule has 0 aromatic carbocycles. The number of hydrogen-bond donors (Lipinski definition) is 1. The van der Waals surface area contributed by atoms with Crippen LogP contribution in [0.4, 0.5) is 5.13 Å². The van der Waals surface area contributed by atoms with Crippen LogP contribution >= 0.6 is 23.1 Å². The van der Waals surface area contributed by atoms with Crippen LogP contribution in [0, 0.1) is 0 Å². The second kappa shape index (κ2) is 21.1. The molecule has 13 nitrogen and oxygen atoms in total. The first kappa shape index (κ1) is 38.4. The summed E-state index contributed by atoms with van der Waals surface area (Å²) >= 11 is 2.10. The predicted octanol–water partition coefficient (Wildman–Crippen LogP) is 5.35. The number of ether oxygens (including phenoxy) is 5. The number of aromatic nitrogens is 2. The molecule has 2 heterocycles. The van der Waals surface area contributed by atoms with Crippen LogP contribution in [0.2, 0.25) is 0 Å². The third kappa shape index (κ3) is 15.4. The Morgan fingerprint density at radius 1 is 0.733 bits per heavy atom. The molecule has 1 N–H and O–H groups in total. The third-order valence-corrected chi connectivity index (χ3v) is 8.89. The highest BCUT2D eigenvalue weighted by Crippen LogP contribution is 2.39. The molecule has 1 aromatic rings. The molecule has 254 valence electrons. The zero-order valence-electron chi connectivity index (χ0n) is 26.9. The van der Waals surface area contributed by atoms with Crippen molar-refractivity contribution in [3.8, 4) is 0 Å². The summed E-state index contributed by atoms with van der Waals surface area (Å²) in [5, 5.41) is 11.2. The van der Waals surface area contributed by atoms with Gasteiger partial charge in [0.25, 0.3) is 0 Å². The fourth-order valence-corrected chi connectivity index (χ4v) is 6.86. The molecule has 5 atom stereocenters. The molecule has 1 aromatic heterocycles. The highest BCUT2D eigenvalue weighted by atomic mass is 32.2. The van der Waals surface area contributed by atoms with Gasteiger partial charge >= 0.3 is 23.9 Å². The molecule has 1 fully saturated rings. The highest BCUT2D eigenvalue weighted by Gasteiger charge is 2.52. The lowest BCUT2D eigenvalue weighted by Crippen LogP contribution is -2.61. The van der Waals surface area contributed by atoms with E-state index in [0.717, 1.165) is 56.2 Å². The number of hydrogen-bond acceptors (Lipinski definition) is 14. The van der Waals surface area contributed by atoms with Crippen LogP contribution in [0.1, 0.15) is 112 Å². The Kier molecular flexibility index (Phi) is 18.0. The number of rotatable bonds is 20. The molecule has 2 rings (SSSR count). The quantitative estimate of drug-likeness (QED) is 0.0814. The molecule has 0 radical (unpaired) electrons. The molecule has 0 spiro atoms. The largest absolute Gasteiger partial charge is 0.463 e. The molecular formula is C30H47N3O10S2. The fraction of sp³-hybridized carbons (Fsp3) is 0.767. The van der Waals surface area contributed by atoms with Crippen LogP contribution in [0.3, 0.4) is 0 Å². The van der Waals surface area contributed by atoms with Crippen molar-refractivity contribution in [2.75, 3.05) is 11.9 Å². The lowest BCUT2D eigenvalue weighted by Gasteiger charge is -2.43. The summed E-state index contributed by atoms with van der Waals surface area (Å²) in [6, 6.07) is 0. The van der Waals surface area contributed by atoms with E-state index in [4.69, 9.17) is 23.7 Å². The number of amides is 1. The summed E-state index contributed by atoms with van der Waals surface area (Å²) in [5.41, 5.74) is -1.03. The van der Waals surface area contributed by atoms with Crippen LogP contribution < -0.4 is 5.32 Å². The number of carbonyl (C=O) groups excluding carboxylic acids is 5. The Hall–Kier alpha value is -2.78. The lowest BCUT2D eigenvalue weighted by atomic mass is 9.99. The van der Waals surface area contributed by atoms with Crippen molar-refractivity contribution in [3.63, 3.8) is 0 Å². The zero-order chi connectivity index (χ0) is 33.2. The maximum Gasteiger partial charge on any atom is 0.303 e. The van der Waals surface area contributed by atoms with Gasteiger partial charge in [-0.05, 0) is 6.42 Å². The number of esters is 4. The van der Waals surface area contributed by atoms with Crippen LogP contribution in [0.15, 0.2) is 4.34 Å². The topological polar surface area (TPSA) is 169 Å². The van der Waals surface area contributed by atoms with Gasteiger partial charge in [0.2, 0.25) is 11.0 Å². The monoisotopic (exact) mass is 673 g/mol. The van der Waals surface area contributed by atoms with E-state index in [0.29, 0.717) is 10.8 Å². The molecule has 1 aliphatic rings. The van der Waals surface area contributed by atoms with Crippen molar-refractivity contribution in [1.82, 2.24) is 10.2 Å². The van der Waals surface area contributed by atoms with E-state index in [1.807, 2.05) is 0 Å². The van der Waals surface area contributed by atoms with Gasteiger partial charge < -0.3 is 29.0 Å². The van der Waals surface area contributed by atoms with Crippen LogP contribution in [0.5, 0.6) is 0 Å². The molecule has 0 saturated carbocycles. The summed E-state index contributed by atoms with van der Waals surface area (Å²) < 4.78 is 27.9. The molecule has 0 bridgehead atoms. The van der Waals surface area contributed by atoms with Gasteiger partial charge in [-0.1, -0.05) is 94.2 Å². The normalized spacial score (nSPS) is 21.0. The first-order chi connectivity index (χ1) is 21.5. The Bertz CT molecular complexity index is 1100. The highest BCUT2D eigenvalue weighted by molar-refractivity contribution is 8.01. The number of unbranched alkanes of at least 4 members (excludes halogenated alkanes) is 10. The number of anilines is 1. The van der Waals surface area contributed by atoms with Gasteiger partial charge in [0.05, 0.1) is 0 Å². The molecule has 1 saturated heterocycles. The molecule has 0 aliphatic carbocycles. The van der Waals surface area contributed by atoms with Crippen LogP contribution in [-0.2, 0) is 47.7 Å². The average molecular weight is 674 g/mol. The van der Waals surface area contributed by atoms with Gasteiger partial charge in [0.15, 0.2) is 28.1 Å². The molecular weight excluding hydrogens is 626 g/mol. The minimum absolute atomic E-state index is 0.161. The Morgan fingerprint density at radius 3 is 1.82 bits per heavy atom. The Balaban J connectivity index is 1.97. The fourth-order valence-electron chi connectivity index (χ4n) is 4.82. The first-order valence-corrected chi connectivity index (χ1v) is 17.3. The summed E-state index contributed by atoms with van der Waals surface area (Å²) in [6.07, 6.45) is 8.69. The Morgan fingerprint density at radius 2 is 1.27 bits per heavy atom. The van der Waals surface area contributed by atoms with Gasteiger partial charge in [-0.2, -0.15) is 0 Å². The van der Waals surface area contributed by atoms with E-state index in [1.54, 1.807) is 0 Å².